The van der Waals surface area contributed by atoms with E-state index in [1.54, 1.807) is 24.3 Å². The molecule has 0 saturated carbocycles. The number of carboxylic acids is 2. The molecule has 4 nitrogen and oxygen atoms in total. The van der Waals surface area contributed by atoms with Gasteiger partial charge in [0.2, 0.25) is 0 Å². The molecule has 22 heavy (non-hydrogen) atoms. The van der Waals surface area contributed by atoms with Crippen molar-refractivity contribution in [2.75, 3.05) is 0 Å². The Morgan fingerprint density at radius 2 is 1.32 bits per heavy atom. The summed E-state index contributed by atoms with van der Waals surface area (Å²) in [5.74, 6) is -2.54. The van der Waals surface area contributed by atoms with E-state index < -0.39 is 11.9 Å². The van der Waals surface area contributed by atoms with Crippen molar-refractivity contribution < 1.29 is 19.8 Å². The molecule has 0 aromatic heterocycles. The topological polar surface area (TPSA) is 74.6 Å². The van der Waals surface area contributed by atoms with E-state index in [9.17, 15) is 14.7 Å². The average Bonchev–Trinajstić information content (AvgIpc) is 2.50. The quantitative estimate of drug-likeness (QED) is 0.572. The van der Waals surface area contributed by atoms with E-state index in [-0.39, 0.29) is 5.57 Å². The smallest absolute Gasteiger partial charge is 0.336 e. The molecular weight excluding hydrogens is 280 g/mol. The van der Waals surface area contributed by atoms with Crippen LogP contribution in [0, 0.1) is 0 Å². The molecule has 0 unspecified atom stereocenters. The molecule has 0 amide bonds. The largest absolute Gasteiger partial charge is 0.478 e. The molecule has 3 aromatic rings. The van der Waals surface area contributed by atoms with Gasteiger partial charge >= 0.3 is 11.9 Å². The van der Waals surface area contributed by atoms with Crippen molar-refractivity contribution in [1.29, 1.82) is 0 Å². The standard InChI is InChI=1S/C18H12O4/c19-16(20)10-15(18(21)22)17-13-7-3-1-5-11(13)9-12-6-2-4-8-14(12)17/h1-10H,(H,19,20)(H,21,22)/b15-10-. The van der Waals surface area contributed by atoms with Crippen LogP contribution < -0.4 is 0 Å². The molecule has 0 heterocycles. The molecule has 0 aliphatic rings. The SMILES string of the molecule is O=C(O)/C=C(\C(=O)O)c1c2ccccc2cc2ccccc12. The summed E-state index contributed by atoms with van der Waals surface area (Å²) in [5.41, 5.74) is 0.212. The van der Waals surface area contributed by atoms with E-state index in [0.717, 1.165) is 27.6 Å². The molecule has 0 bridgehead atoms. The van der Waals surface area contributed by atoms with Crippen LogP contribution in [0.4, 0.5) is 0 Å². The monoisotopic (exact) mass is 292 g/mol. The fourth-order valence-corrected chi connectivity index (χ4v) is 2.67. The van der Waals surface area contributed by atoms with Gasteiger partial charge in [-0.2, -0.15) is 0 Å². The molecule has 4 heteroatoms. The van der Waals surface area contributed by atoms with Crippen LogP contribution in [0.1, 0.15) is 5.56 Å². The van der Waals surface area contributed by atoms with Gasteiger partial charge in [-0.15, -0.1) is 0 Å². The summed E-state index contributed by atoms with van der Waals surface area (Å²) in [5, 5.41) is 21.6. The fraction of sp³-hybridized carbons (Fsp3) is 0. The summed E-state index contributed by atoms with van der Waals surface area (Å²) in [6.45, 7) is 0. The predicted octanol–water partition coefficient (Wildman–Crippen LogP) is 3.55. The van der Waals surface area contributed by atoms with Crippen molar-refractivity contribution in [1.82, 2.24) is 0 Å². The highest BCUT2D eigenvalue weighted by Crippen LogP contribution is 2.33. The molecule has 108 valence electrons. The van der Waals surface area contributed by atoms with E-state index in [0.29, 0.717) is 5.56 Å². The van der Waals surface area contributed by atoms with Crippen molar-refractivity contribution in [3.8, 4) is 0 Å². The number of carbonyl (C=O) groups is 2. The Kier molecular flexibility index (Phi) is 3.35. The summed E-state index contributed by atoms with van der Waals surface area (Å²) < 4.78 is 0. The third kappa shape index (κ3) is 2.31. The predicted molar refractivity (Wildman–Crippen MR) is 84.7 cm³/mol. The van der Waals surface area contributed by atoms with E-state index in [1.807, 2.05) is 30.3 Å². The second-order valence-electron chi connectivity index (χ2n) is 4.90. The number of hydrogen-bond donors (Lipinski definition) is 2. The summed E-state index contributed by atoms with van der Waals surface area (Å²) in [6, 6.07) is 16.7. The summed E-state index contributed by atoms with van der Waals surface area (Å²) in [6.07, 6.45) is 0.747. The number of hydrogen-bond acceptors (Lipinski definition) is 2. The van der Waals surface area contributed by atoms with Gasteiger partial charge in [-0.3, -0.25) is 0 Å². The molecule has 0 atom stereocenters. The van der Waals surface area contributed by atoms with E-state index >= 15 is 0 Å². The maximum absolute atomic E-state index is 11.6. The summed E-state index contributed by atoms with van der Waals surface area (Å²) in [7, 11) is 0. The Morgan fingerprint density at radius 1 is 0.818 bits per heavy atom. The van der Waals surface area contributed by atoms with Gasteiger partial charge in [0.15, 0.2) is 0 Å². The first-order valence-corrected chi connectivity index (χ1v) is 6.66. The lowest BCUT2D eigenvalue weighted by atomic mass is 9.91. The number of rotatable bonds is 3. The lowest BCUT2D eigenvalue weighted by molar-refractivity contribution is -0.133. The zero-order valence-corrected chi connectivity index (χ0v) is 11.5. The first-order valence-electron chi connectivity index (χ1n) is 6.66. The molecular formula is C18H12O4. The van der Waals surface area contributed by atoms with Crippen LogP contribution in [-0.4, -0.2) is 22.2 Å². The van der Waals surface area contributed by atoms with Gasteiger partial charge in [0.05, 0.1) is 5.57 Å². The molecule has 0 aliphatic heterocycles. The zero-order chi connectivity index (χ0) is 15.7. The third-order valence-electron chi connectivity index (χ3n) is 3.54. The molecule has 3 rings (SSSR count). The zero-order valence-electron chi connectivity index (χ0n) is 11.5. The van der Waals surface area contributed by atoms with Crippen LogP contribution in [-0.2, 0) is 9.59 Å². The highest BCUT2D eigenvalue weighted by Gasteiger charge is 2.18. The molecule has 0 spiro atoms. The average molecular weight is 292 g/mol. The van der Waals surface area contributed by atoms with Crippen molar-refractivity contribution in [2.24, 2.45) is 0 Å². The van der Waals surface area contributed by atoms with Gasteiger partial charge < -0.3 is 10.2 Å². The van der Waals surface area contributed by atoms with Crippen LogP contribution in [0.25, 0.3) is 27.1 Å². The van der Waals surface area contributed by atoms with Crippen molar-refractivity contribution in [3.63, 3.8) is 0 Å². The minimum atomic E-state index is -1.28. The number of aliphatic carboxylic acids is 2. The highest BCUT2D eigenvalue weighted by atomic mass is 16.4. The first kappa shape index (κ1) is 13.8. The van der Waals surface area contributed by atoms with Crippen molar-refractivity contribution in [2.45, 2.75) is 0 Å². The first-order chi connectivity index (χ1) is 10.6. The van der Waals surface area contributed by atoms with E-state index in [2.05, 4.69) is 0 Å². The molecule has 0 radical (unpaired) electrons. The van der Waals surface area contributed by atoms with Gasteiger partial charge in [0, 0.05) is 11.6 Å². The second kappa shape index (κ2) is 5.33. The van der Waals surface area contributed by atoms with Gasteiger partial charge in [0.1, 0.15) is 0 Å². The van der Waals surface area contributed by atoms with Gasteiger partial charge in [-0.25, -0.2) is 9.59 Å². The van der Waals surface area contributed by atoms with Crippen molar-refractivity contribution >= 4 is 39.1 Å². The fourth-order valence-electron chi connectivity index (χ4n) is 2.67. The molecule has 0 saturated heterocycles. The van der Waals surface area contributed by atoms with Crippen LogP contribution in [0.5, 0.6) is 0 Å². The van der Waals surface area contributed by atoms with Crippen molar-refractivity contribution in [3.05, 3.63) is 66.2 Å². The number of benzene rings is 3. The van der Waals surface area contributed by atoms with Gasteiger partial charge in [0.25, 0.3) is 0 Å². The summed E-state index contributed by atoms with van der Waals surface area (Å²) in [4.78, 5) is 22.6. The van der Waals surface area contributed by atoms with Crippen LogP contribution in [0.3, 0.4) is 0 Å². The summed E-state index contributed by atoms with van der Waals surface area (Å²) >= 11 is 0. The lowest BCUT2D eigenvalue weighted by Gasteiger charge is -2.12. The third-order valence-corrected chi connectivity index (χ3v) is 3.54. The maximum atomic E-state index is 11.6. The molecule has 0 fully saturated rings. The Balaban J connectivity index is 2.52. The molecule has 2 N–H and O–H groups in total. The van der Waals surface area contributed by atoms with Crippen LogP contribution in [0.15, 0.2) is 60.7 Å². The molecule has 0 aliphatic carbocycles. The highest BCUT2D eigenvalue weighted by molar-refractivity contribution is 6.27. The Bertz CT molecular complexity index is 884. The number of fused-ring (bicyclic) bond motifs is 2. The number of carboxylic acid groups (broad SMARTS) is 2. The Morgan fingerprint density at radius 3 is 1.77 bits per heavy atom. The van der Waals surface area contributed by atoms with E-state index in [4.69, 9.17) is 5.11 Å². The Labute approximate surface area is 125 Å². The van der Waals surface area contributed by atoms with Gasteiger partial charge in [-0.1, -0.05) is 48.5 Å². The lowest BCUT2D eigenvalue weighted by Crippen LogP contribution is -2.04. The van der Waals surface area contributed by atoms with Gasteiger partial charge in [-0.05, 0) is 27.6 Å². The molecule has 3 aromatic carbocycles. The van der Waals surface area contributed by atoms with Crippen LogP contribution in [0.2, 0.25) is 0 Å². The minimum absolute atomic E-state index is 0.222. The maximum Gasteiger partial charge on any atom is 0.336 e. The Hall–Kier alpha value is -3.14. The second-order valence-corrected chi connectivity index (χ2v) is 4.90. The minimum Gasteiger partial charge on any atom is -0.478 e. The van der Waals surface area contributed by atoms with Crippen LogP contribution >= 0.6 is 0 Å². The normalized spacial score (nSPS) is 11.7. The van der Waals surface area contributed by atoms with E-state index in [1.165, 1.54) is 0 Å².